The molecule has 1 saturated heterocycles. The number of nitrogens with zero attached hydrogens (tertiary/aromatic N) is 4. The van der Waals surface area contributed by atoms with Gasteiger partial charge in [0.2, 0.25) is 5.91 Å². The van der Waals surface area contributed by atoms with Crippen LogP contribution in [0, 0.1) is 5.92 Å². The van der Waals surface area contributed by atoms with Gasteiger partial charge in [0.15, 0.2) is 0 Å². The van der Waals surface area contributed by atoms with Crippen molar-refractivity contribution in [2.75, 3.05) is 26.2 Å². The van der Waals surface area contributed by atoms with E-state index in [1.807, 2.05) is 23.1 Å². The first kappa shape index (κ1) is 15.7. The lowest BCUT2D eigenvalue weighted by molar-refractivity contribution is -0.134. The van der Waals surface area contributed by atoms with Gasteiger partial charge >= 0.3 is 0 Å². The minimum atomic E-state index is -0.117. The van der Waals surface area contributed by atoms with Crippen molar-refractivity contribution in [3.8, 4) is 0 Å². The Morgan fingerprint density at radius 2 is 1.68 bits per heavy atom. The zero-order valence-corrected chi connectivity index (χ0v) is 13.9. The summed E-state index contributed by atoms with van der Waals surface area (Å²) in [6.07, 6.45) is 5.48. The second-order valence-corrected chi connectivity index (χ2v) is 6.57. The van der Waals surface area contributed by atoms with E-state index in [4.69, 9.17) is 0 Å². The van der Waals surface area contributed by atoms with Crippen LogP contribution in [0.15, 0.2) is 48.9 Å². The van der Waals surface area contributed by atoms with E-state index in [0.717, 1.165) is 6.42 Å². The molecule has 0 radical (unpaired) electrons. The van der Waals surface area contributed by atoms with Gasteiger partial charge in [0, 0.05) is 44.5 Å². The molecule has 6 heteroatoms. The SMILES string of the molecule is O=C(c1cnccn1)N1CCN(C(=O)[C@H]2C[C@H]2c2ccccc2)CC1. The molecule has 1 aliphatic carbocycles. The van der Waals surface area contributed by atoms with Crippen molar-refractivity contribution in [2.45, 2.75) is 12.3 Å². The number of hydrogen-bond donors (Lipinski definition) is 0. The molecule has 0 unspecified atom stereocenters. The van der Waals surface area contributed by atoms with Gasteiger partial charge in [-0.2, -0.15) is 0 Å². The normalized spacial score (nSPS) is 22.6. The van der Waals surface area contributed by atoms with Gasteiger partial charge in [-0.1, -0.05) is 30.3 Å². The van der Waals surface area contributed by atoms with Crippen LogP contribution in [-0.2, 0) is 4.79 Å². The highest BCUT2D eigenvalue weighted by atomic mass is 16.2. The largest absolute Gasteiger partial charge is 0.339 e. The van der Waals surface area contributed by atoms with E-state index in [-0.39, 0.29) is 17.7 Å². The van der Waals surface area contributed by atoms with Gasteiger partial charge in [0.25, 0.3) is 5.91 Å². The van der Waals surface area contributed by atoms with E-state index < -0.39 is 0 Å². The Hall–Kier alpha value is -2.76. The maximum absolute atomic E-state index is 12.7. The summed E-state index contributed by atoms with van der Waals surface area (Å²) in [6, 6.07) is 10.2. The van der Waals surface area contributed by atoms with Gasteiger partial charge in [-0.05, 0) is 17.9 Å². The number of piperazine rings is 1. The highest BCUT2D eigenvalue weighted by Gasteiger charge is 2.46. The molecule has 4 rings (SSSR count). The monoisotopic (exact) mass is 336 g/mol. The molecule has 0 N–H and O–H groups in total. The molecule has 2 fully saturated rings. The Morgan fingerprint density at radius 3 is 2.36 bits per heavy atom. The summed E-state index contributed by atoms with van der Waals surface area (Å²) in [5.74, 6) is 0.562. The standard InChI is InChI=1S/C19H20N4O2/c24-18(16-12-15(16)14-4-2-1-3-5-14)22-8-10-23(11-9-22)19(25)17-13-20-6-7-21-17/h1-7,13,15-16H,8-12H2/t15-,16-/m0/s1. The van der Waals surface area contributed by atoms with Crippen LogP contribution in [-0.4, -0.2) is 57.8 Å². The van der Waals surface area contributed by atoms with Crippen LogP contribution in [0.1, 0.15) is 28.4 Å². The molecule has 0 bridgehead atoms. The summed E-state index contributed by atoms with van der Waals surface area (Å²) in [4.78, 5) is 36.7. The molecular formula is C19H20N4O2. The van der Waals surface area contributed by atoms with Crippen LogP contribution < -0.4 is 0 Å². The number of rotatable bonds is 3. The Balaban J connectivity index is 1.32. The minimum absolute atomic E-state index is 0.102. The lowest BCUT2D eigenvalue weighted by Gasteiger charge is -2.34. The maximum Gasteiger partial charge on any atom is 0.274 e. The first-order valence-corrected chi connectivity index (χ1v) is 8.63. The smallest absolute Gasteiger partial charge is 0.274 e. The van der Waals surface area contributed by atoms with Crippen LogP contribution in [0.25, 0.3) is 0 Å². The van der Waals surface area contributed by atoms with E-state index in [0.29, 0.717) is 37.8 Å². The quantitative estimate of drug-likeness (QED) is 0.853. The molecule has 2 aromatic rings. The van der Waals surface area contributed by atoms with E-state index in [2.05, 4.69) is 22.1 Å². The summed E-state index contributed by atoms with van der Waals surface area (Å²) >= 11 is 0. The molecule has 25 heavy (non-hydrogen) atoms. The van der Waals surface area contributed by atoms with E-state index in [1.54, 1.807) is 11.1 Å². The highest BCUT2D eigenvalue weighted by molar-refractivity contribution is 5.92. The lowest BCUT2D eigenvalue weighted by Crippen LogP contribution is -2.51. The molecule has 2 atom stereocenters. The molecular weight excluding hydrogens is 316 g/mol. The number of carbonyl (C=O) groups excluding carboxylic acids is 2. The van der Waals surface area contributed by atoms with Crippen LogP contribution in [0.5, 0.6) is 0 Å². The molecule has 128 valence electrons. The molecule has 1 saturated carbocycles. The Kier molecular flexibility index (Phi) is 4.17. The summed E-state index contributed by atoms with van der Waals surface area (Å²) in [6.45, 7) is 2.26. The molecule has 2 amide bonds. The first-order chi connectivity index (χ1) is 12.2. The van der Waals surface area contributed by atoms with Crippen LogP contribution in [0.2, 0.25) is 0 Å². The summed E-state index contributed by atoms with van der Waals surface area (Å²) in [7, 11) is 0. The Bertz CT molecular complexity index is 758. The molecule has 0 spiro atoms. The Labute approximate surface area is 146 Å². The minimum Gasteiger partial charge on any atom is -0.339 e. The second-order valence-electron chi connectivity index (χ2n) is 6.57. The van der Waals surface area contributed by atoms with Gasteiger partial charge in [-0.15, -0.1) is 0 Å². The number of carbonyl (C=O) groups is 2. The predicted octanol–water partition coefficient (Wildman–Crippen LogP) is 1.56. The number of amides is 2. The zero-order chi connectivity index (χ0) is 17.2. The summed E-state index contributed by atoms with van der Waals surface area (Å²) in [5.41, 5.74) is 1.60. The molecule has 1 aromatic carbocycles. The van der Waals surface area contributed by atoms with Gasteiger partial charge in [0.05, 0.1) is 6.20 Å². The van der Waals surface area contributed by atoms with Crippen molar-refractivity contribution in [3.05, 3.63) is 60.2 Å². The fourth-order valence-electron chi connectivity index (χ4n) is 3.47. The maximum atomic E-state index is 12.7. The number of hydrogen-bond acceptors (Lipinski definition) is 4. The van der Waals surface area contributed by atoms with Crippen molar-refractivity contribution in [1.29, 1.82) is 0 Å². The Morgan fingerprint density at radius 1 is 0.960 bits per heavy atom. The third-order valence-corrected chi connectivity index (χ3v) is 5.00. The molecule has 6 nitrogen and oxygen atoms in total. The van der Waals surface area contributed by atoms with Crippen LogP contribution in [0.4, 0.5) is 0 Å². The zero-order valence-electron chi connectivity index (χ0n) is 13.9. The number of aromatic nitrogens is 2. The fraction of sp³-hybridized carbons (Fsp3) is 0.368. The third kappa shape index (κ3) is 3.24. The topological polar surface area (TPSA) is 66.4 Å². The third-order valence-electron chi connectivity index (χ3n) is 5.00. The molecule has 1 aromatic heterocycles. The van der Waals surface area contributed by atoms with Crippen molar-refractivity contribution in [2.24, 2.45) is 5.92 Å². The molecule has 1 aliphatic heterocycles. The van der Waals surface area contributed by atoms with Crippen LogP contribution in [0.3, 0.4) is 0 Å². The summed E-state index contributed by atoms with van der Waals surface area (Å²) < 4.78 is 0. The van der Waals surface area contributed by atoms with Crippen LogP contribution >= 0.6 is 0 Å². The molecule has 2 heterocycles. The predicted molar refractivity (Wildman–Crippen MR) is 91.8 cm³/mol. The highest BCUT2D eigenvalue weighted by Crippen LogP contribution is 2.48. The van der Waals surface area contributed by atoms with Crippen molar-refractivity contribution in [1.82, 2.24) is 19.8 Å². The number of benzene rings is 1. The lowest BCUT2D eigenvalue weighted by atomic mass is 10.1. The van der Waals surface area contributed by atoms with E-state index in [9.17, 15) is 9.59 Å². The van der Waals surface area contributed by atoms with Crippen molar-refractivity contribution in [3.63, 3.8) is 0 Å². The van der Waals surface area contributed by atoms with E-state index in [1.165, 1.54) is 18.0 Å². The molecule has 2 aliphatic rings. The average Bonchev–Trinajstić information content (AvgIpc) is 3.49. The van der Waals surface area contributed by atoms with Gasteiger partial charge in [0.1, 0.15) is 5.69 Å². The van der Waals surface area contributed by atoms with Crippen molar-refractivity contribution >= 4 is 11.8 Å². The van der Waals surface area contributed by atoms with Crippen molar-refractivity contribution < 1.29 is 9.59 Å². The average molecular weight is 336 g/mol. The van der Waals surface area contributed by atoms with E-state index >= 15 is 0 Å². The second kappa shape index (κ2) is 6.63. The summed E-state index contributed by atoms with van der Waals surface area (Å²) in [5, 5.41) is 0. The van der Waals surface area contributed by atoms with Gasteiger partial charge in [-0.3, -0.25) is 14.6 Å². The first-order valence-electron chi connectivity index (χ1n) is 8.63. The van der Waals surface area contributed by atoms with Gasteiger partial charge < -0.3 is 9.80 Å². The van der Waals surface area contributed by atoms with Gasteiger partial charge in [-0.25, -0.2) is 4.98 Å². The fourth-order valence-corrected chi connectivity index (χ4v) is 3.47.